The summed E-state index contributed by atoms with van der Waals surface area (Å²) in [6, 6.07) is 2.53. The van der Waals surface area contributed by atoms with Gasteiger partial charge in [0.1, 0.15) is 0 Å². The van der Waals surface area contributed by atoms with Crippen molar-refractivity contribution < 1.29 is 9.53 Å². The van der Waals surface area contributed by atoms with Crippen molar-refractivity contribution in [2.24, 2.45) is 7.05 Å². The molecule has 0 aromatic carbocycles. The third-order valence-corrected chi connectivity index (χ3v) is 4.36. The predicted molar refractivity (Wildman–Crippen MR) is 74.1 cm³/mol. The predicted octanol–water partition coefficient (Wildman–Crippen LogP) is 0.460. The number of nitrogens with one attached hydrogen (secondary N) is 1. The number of ether oxygens (including phenoxy) is 1. The zero-order chi connectivity index (χ0) is 14.1. The van der Waals surface area contributed by atoms with Crippen molar-refractivity contribution >= 4 is 5.91 Å². The molecule has 110 valence electrons. The van der Waals surface area contributed by atoms with Crippen molar-refractivity contribution in [3.05, 3.63) is 18.0 Å². The minimum absolute atomic E-state index is 0.0527. The molecule has 1 aromatic heterocycles. The molecule has 0 radical (unpaired) electrons. The van der Waals surface area contributed by atoms with Crippen LogP contribution in [0.25, 0.3) is 0 Å². The summed E-state index contributed by atoms with van der Waals surface area (Å²) in [5, 5.41) is 7.84. The fourth-order valence-electron chi connectivity index (χ4n) is 3.27. The normalized spacial score (nSPS) is 31.0. The van der Waals surface area contributed by atoms with Gasteiger partial charge in [-0.15, -0.1) is 0 Å². The van der Waals surface area contributed by atoms with Gasteiger partial charge in [-0.3, -0.25) is 9.48 Å². The van der Waals surface area contributed by atoms with Crippen LogP contribution in [0, 0.1) is 0 Å². The molecule has 3 heterocycles. The van der Waals surface area contributed by atoms with Gasteiger partial charge in [-0.1, -0.05) is 0 Å². The summed E-state index contributed by atoms with van der Waals surface area (Å²) in [6.45, 7) is 1.60. The number of aryl methyl sites for hydroxylation is 1. The second-order valence-corrected chi connectivity index (χ2v) is 5.72. The number of likely N-dealkylation sites (N-methyl/N-ethyl adjacent to an activating group) is 1. The molecule has 2 aliphatic rings. The molecule has 3 rings (SSSR count). The van der Waals surface area contributed by atoms with E-state index in [2.05, 4.69) is 10.4 Å². The Kier molecular flexibility index (Phi) is 3.76. The van der Waals surface area contributed by atoms with Gasteiger partial charge in [0.25, 0.3) is 0 Å². The largest absolute Gasteiger partial charge is 0.380 e. The van der Waals surface area contributed by atoms with Gasteiger partial charge >= 0.3 is 0 Å². The summed E-state index contributed by atoms with van der Waals surface area (Å²) in [6.07, 6.45) is 4.53. The van der Waals surface area contributed by atoms with E-state index in [1.807, 2.05) is 29.7 Å². The Morgan fingerprint density at radius 2 is 2.30 bits per heavy atom. The molecule has 1 N–H and O–H groups in total. The number of hydrogen-bond acceptors (Lipinski definition) is 4. The monoisotopic (exact) mass is 278 g/mol. The summed E-state index contributed by atoms with van der Waals surface area (Å²) in [5.41, 5.74) is 1.08. The molecule has 6 nitrogen and oxygen atoms in total. The van der Waals surface area contributed by atoms with E-state index in [-0.39, 0.29) is 18.0 Å². The Labute approximate surface area is 119 Å². The van der Waals surface area contributed by atoms with Gasteiger partial charge in [-0.25, -0.2) is 0 Å². The van der Waals surface area contributed by atoms with Crippen molar-refractivity contribution in [3.8, 4) is 0 Å². The first kappa shape index (κ1) is 13.6. The molecule has 1 aromatic rings. The van der Waals surface area contributed by atoms with Crippen molar-refractivity contribution in [1.82, 2.24) is 20.0 Å². The summed E-state index contributed by atoms with van der Waals surface area (Å²) < 4.78 is 7.37. The van der Waals surface area contributed by atoms with E-state index in [1.165, 1.54) is 0 Å². The highest BCUT2D eigenvalue weighted by atomic mass is 16.5. The lowest BCUT2D eigenvalue weighted by Crippen LogP contribution is -2.45. The number of likely N-dealkylation sites (tertiary alicyclic amines) is 1. The van der Waals surface area contributed by atoms with E-state index in [0.717, 1.165) is 31.7 Å². The second kappa shape index (κ2) is 5.54. The number of aromatic nitrogens is 2. The maximum atomic E-state index is 12.1. The lowest BCUT2D eigenvalue weighted by atomic mass is 10.0. The second-order valence-electron chi connectivity index (χ2n) is 5.72. The molecule has 2 aliphatic heterocycles. The summed E-state index contributed by atoms with van der Waals surface area (Å²) in [5.74, 6) is 0.186. The van der Waals surface area contributed by atoms with Gasteiger partial charge in [-0.05, 0) is 18.9 Å². The molecule has 0 bridgehead atoms. The van der Waals surface area contributed by atoms with Crippen LogP contribution in [0.1, 0.15) is 31.0 Å². The molecule has 1 amide bonds. The zero-order valence-electron chi connectivity index (χ0n) is 12.1. The van der Waals surface area contributed by atoms with Crippen LogP contribution >= 0.6 is 0 Å². The van der Waals surface area contributed by atoms with E-state index in [1.54, 1.807) is 6.20 Å². The van der Waals surface area contributed by atoms with Crippen molar-refractivity contribution in [2.45, 2.75) is 37.4 Å². The molecule has 2 saturated heterocycles. The van der Waals surface area contributed by atoms with Crippen LogP contribution in [-0.2, 0) is 16.6 Å². The Balaban J connectivity index is 1.77. The van der Waals surface area contributed by atoms with E-state index >= 15 is 0 Å². The van der Waals surface area contributed by atoms with E-state index in [4.69, 9.17) is 4.74 Å². The number of hydrogen-bond donors (Lipinski definition) is 1. The van der Waals surface area contributed by atoms with Crippen molar-refractivity contribution in [2.75, 3.05) is 20.3 Å². The Morgan fingerprint density at radius 3 is 2.95 bits per heavy atom. The summed E-state index contributed by atoms with van der Waals surface area (Å²) >= 11 is 0. The Bertz CT molecular complexity index is 481. The molecule has 0 spiro atoms. The molecule has 20 heavy (non-hydrogen) atoms. The topological polar surface area (TPSA) is 59.4 Å². The smallest absolute Gasteiger partial charge is 0.224 e. The van der Waals surface area contributed by atoms with Crippen LogP contribution in [-0.4, -0.2) is 52.9 Å². The van der Waals surface area contributed by atoms with E-state index in [0.29, 0.717) is 12.5 Å². The quantitative estimate of drug-likeness (QED) is 0.872. The number of amides is 1. The van der Waals surface area contributed by atoms with Gasteiger partial charge in [-0.2, -0.15) is 5.10 Å². The standard InChI is InChI=1S/C14H22N4O2/c1-17-13(19)8-11(16-10-4-3-7-20-9-10)14(17)12-5-6-15-18(12)2/h5-6,10-11,14,16H,3-4,7-9H2,1-2H3/t10?,11-,14-/m1/s1. The number of carbonyl (C=O) groups excluding carboxylic acids is 1. The molecule has 3 atom stereocenters. The third kappa shape index (κ3) is 2.45. The number of nitrogens with zero attached hydrogens (tertiary/aromatic N) is 3. The lowest BCUT2D eigenvalue weighted by molar-refractivity contribution is -0.127. The van der Waals surface area contributed by atoms with Crippen molar-refractivity contribution in [3.63, 3.8) is 0 Å². The van der Waals surface area contributed by atoms with E-state index < -0.39 is 0 Å². The van der Waals surface area contributed by atoms with Crippen LogP contribution in [0.5, 0.6) is 0 Å². The van der Waals surface area contributed by atoms with E-state index in [9.17, 15) is 4.79 Å². The maximum Gasteiger partial charge on any atom is 0.224 e. The van der Waals surface area contributed by atoms with Crippen molar-refractivity contribution in [1.29, 1.82) is 0 Å². The zero-order valence-corrected chi connectivity index (χ0v) is 12.1. The van der Waals surface area contributed by atoms with Crippen LogP contribution in [0.4, 0.5) is 0 Å². The van der Waals surface area contributed by atoms with Gasteiger partial charge in [0, 0.05) is 45.4 Å². The van der Waals surface area contributed by atoms with Crippen LogP contribution in [0.15, 0.2) is 12.3 Å². The van der Waals surface area contributed by atoms with Gasteiger partial charge in [0.2, 0.25) is 5.91 Å². The minimum Gasteiger partial charge on any atom is -0.380 e. The maximum absolute atomic E-state index is 12.1. The van der Waals surface area contributed by atoms with Crippen LogP contribution < -0.4 is 5.32 Å². The highest BCUT2D eigenvalue weighted by Gasteiger charge is 2.40. The Hall–Kier alpha value is -1.40. The molecule has 2 fully saturated rings. The first-order chi connectivity index (χ1) is 9.66. The highest BCUT2D eigenvalue weighted by Crippen LogP contribution is 2.32. The Morgan fingerprint density at radius 1 is 1.45 bits per heavy atom. The first-order valence-electron chi connectivity index (χ1n) is 7.24. The average molecular weight is 278 g/mol. The fourth-order valence-corrected chi connectivity index (χ4v) is 3.27. The molecule has 6 heteroatoms. The van der Waals surface area contributed by atoms with Gasteiger partial charge in [0.15, 0.2) is 0 Å². The van der Waals surface area contributed by atoms with Crippen LogP contribution in [0.3, 0.4) is 0 Å². The fraction of sp³-hybridized carbons (Fsp3) is 0.714. The van der Waals surface area contributed by atoms with Crippen LogP contribution in [0.2, 0.25) is 0 Å². The molecule has 0 saturated carbocycles. The third-order valence-electron chi connectivity index (χ3n) is 4.36. The summed E-state index contributed by atoms with van der Waals surface area (Å²) in [7, 11) is 3.80. The lowest BCUT2D eigenvalue weighted by Gasteiger charge is -2.31. The van der Waals surface area contributed by atoms with Gasteiger partial charge in [0.05, 0.1) is 18.3 Å². The molecular formula is C14H22N4O2. The average Bonchev–Trinajstić information content (AvgIpc) is 2.96. The van der Waals surface area contributed by atoms with Gasteiger partial charge < -0.3 is 15.0 Å². The molecular weight excluding hydrogens is 256 g/mol. The minimum atomic E-state index is 0.0527. The molecule has 1 unspecified atom stereocenters. The number of rotatable bonds is 3. The first-order valence-corrected chi connectivity index (χ1v) is 7.24. The molecule has 0 aliphatic carbocycles. The summed E-state index contributed by atoms with van der Waals surface area (Å²) in [4.78, 5) is 13.9. The SMILES string of the molecule is CN1C(=O)C[C@@H](NC2CCCOC2)[C@@H]1c1ccnn1C. The number of carbonyl (C=O) groups is 1. The highest BCUT2D eigenvalue weighted by molar-refractivity contribution is 5.80.